The van der Waals surface area contributed by atoms with Crippen LogP contribution in [-0.4, -0.2) is 62.2 Å². The lowest BCUT2D eigenvalue weighted by molar-refractivity contribution is -0.383. The fourth-order valence-corrected chi connectivity index (χ4v) is 5.35. The van der Waals surface area contributed by atoms with Gasteiger partial charge in [-0.3, -0.25) is 14.9 Å². The summed E-state index contributed by atoms with van der Waals surface area (Å²) in [5.74, 6) is 0. The molecule has 164 valence electrons. The number of sulfone groups is 1. The Morgan fingerprint density at radius 3 is 2.63 bits per heavy atom. The fourth-order valence-electron chi connectivity index (χ4n) is 3.57. The van der Waals surface area contributed by atoms with Crippen LogP contribution in [0.1, 0.15) is 32.6 Å². The lowest BCUT2D eigenvalue weighted by Gasteiger charge is -2.22. The number of aromatic nitrogens is 1. The van der Waals surface area contributed by atoms with Crippen molar-refractivity contribution in [3.05, 3.63) is 32.6 Å². The van der Waals surface area contributed by atoms with Crippen molar-refractivity contribution < 1.29 is 13.3 Å². The molecule has 0 amide bonds. The Morgan fingerprint density at radius 1 is 1.20 bits per heavy atom. The van der Waals surface area contributed by atoms with Crippen molar-refractivity contribution in [2.45, 2.75) is 37.5 Å². The number of hydrogen-bond acceptors (Lipinski definition) is 9. The predicted molar refractivity (Wildman–Crippen MR) is 118 cm³/mol. The van der Waals surface area contributed by atoms with E-state index in [4.69, 9.17) is 0 Å². The van der Waals surface area contributed by atoms with Gasteiger partial charge in [-0.15, -0.1) is 0 Å². The van der Waals surface area contributed by atoms with Crippen molar-refractivity contribution in [3.63, 3.8) is 0 Å². The van der Waals surface area contributed by atoms with Crippen LogP contribution in [-0.2, 0) is 9.84 Å². The molecule has 0 saturated carbocycles. The summed E-state index contributed by atoms with van der Waals surface area (Å²) in [6, 6.07) is 2.21. The van der Waals surface area contributed by atoms with Gasteiger partial charge in [-0.25, -0.2) is 8.42 Å². The molecule has 1 saturated heterocycles. The first-order valence-corrected chi connectivity index (χ1v) is 12.7. The van der Waals surface area contributed by atoms with Crippen molar-refractivity contribution in [1.29, 1.82) is 0 Å². The van der Waals surface area contributed by atoms with E-state index in [0.29, 0.717) is 18.2 Å². The number of nitrogens with zero attached hydrogens (tertiary/aromatic N) is 4. The van der Waals surface area contributed by atoms with Gasteiger partial charge in [0.25, 0.3) is 11.2 Å². The van der Waals surface area contributed by atoms with Gasteiger partial charge in [0.15, 0.2) is 15.0 Å². The van der Waals surface area contributed by atoms with E-state index in [2.05, 4.69) is 16.8 Å². The molecule has 11 heteroatoms. The van der Waals surface area contributed by atoms with Gasteiger partial charge in [-0.1, -0.05) is 31.1 Å². The average molecular weight is 455 g/mol. The number of rotatable bonds is 7. The van der Waals surface area contributed by atoms with Gasteiger partial charge in [-0.05, 0) is 32.0 Å². The molecule has 30 heavy (non-hydrogen) atoms. The second-order valence-electron chi connectivity index (χ2n) is 7.54. The molecule has 0 spiro atoms. The maximum absolute atomic E-state index is 12.7. The highest BCUT2D eigenvalue weighted by atomic mass is 32.2. The summed E-state index contributed by atoms with van der Waals surface area (Å²) in [5.41, 5.74) is -1.02. The van der Waals surface area contributed by atoms with Crippen LogP contribution in [0.25, 0.3) is 10.1 Å². The molecule has 0 bridgehead atoms. The van der Waals surface area contributed by atoms with Gasteiger partial charge in [0.1, 0.15) is 4.70 Å². The predicted octanol–water partition coefficient (Wildman–Crippen LogP) is 2.67. The van der Waals surface area contributed by atoms with Crippen LogP contribution in [0.2, 0.25) is 0 Å². The summed E-state index contributed by atoms with van der Waals surface area (Å²) < 4.78 is 23.9. The average Bonchev–Trinajstić information content (AvgIpc) is 2.92. The molecule has 0 unspecified atom stereocenters. The molecule has 9 nitrogen and oxygen atoms in total. The lowest BCUT2D eigenvalue weighted by atomic mass is 10.2. The number of fused-ring (bicyclic) bond motifs is 1. The topological polar surface area (TPSA) is 114 Å². The standard InChI is InChI=1S/C19H26N4O5S2/c1-3-4-5-7-21-8-6-9-22(11-10-21)19-20-18(24)15-12-14(30(2,27)28)13-16(23(25)26)17(15)29-19/h12-13H,3-11H2,1-2H3. The Hall–Kier alpha value is -2.11. The monoisotopic (exact) mass is 454 g/mol. The van der Waals surface area contributed by atoms with Gasteiger partial charge in [0.2, 0.25) is 0 Å². The first-order chi connectivity index (χ1) is 14.2. The molecule has 2 heterocycles. The van der Waals surface area contributed by atoms with Crippen molar-refractivity contribution in [2.75, 3.05) is 43.9 Å². The van der Waals surface area contributed by atoms with Crippen molar-refractivity contribution in [1.82, 2.24) is 9.88 Å². The highest BCUT2D eigenvalue weighted by Crippen LogP contribution is 2.34. The Balaban J connectivity index is 1.95. The molecule has 1 aromatic heterocycles. The van der Waals surface area contributed by atoms with Crippen LogP contribution in [0, 0.1) is 10.1 Å². The van der Waals surface area contributed by atoms with E-state index in [-0.39, 0.29) is 20.7 Å². The van der Waals surface area contributed by atoms with Gasteiger partial charge in [0, 0.05) is 32.0 Å². The van der Waals surface area contributed by atoms with E-state index in [1.165, 1.54) is 18.9 Å². The molecular weight excluding hydrogens is 428 g/mol. The minimum absolute atomic E-state index is 0.0330. The Morgan fingerprint density at radius 2 is 1.97 bits per heavy atom. The van der Waals surface area contributed by atoms with Crippen molar-refractivity contribution in [2.24, 2.45) is 0 Å². The van der Waals surface area contributed by atoms with E-state index in [0.717, 1.165) is 56.1 Å². The molecule has 1 aliphatic heterocycles. The highest BCUT2D eigenvalue weighted by Gasteiger charge is 2.24. The number of hydrogen-bond donors (Lipinski definition) is 0. The third-order valence-electron chi connectivity index (χ3n) is 5.23. The molecule has 0 N–H and O–H groups in total. The number of anilines is 1. The zero-order chi connectivity index (χ0) is 21.9. The maximum atomic E-state index is 12.7. The lowest BCUT2D eigenvalue weighted by Crippen LogP contribution is -2.32. The molecule has 0 atom stereocenters. The highest BCUT2D eigenvalue weighted by molar-refractivity contribution is 7.90. The van der Waals surface area contributed by atoms with Crippen LogP contribution in [0.5, 0.6) is 0 Å². The summed E-state index contributed by atoms with van der Waals surface area (Å²) in [5, 5.41) is 12.0. The molecule has 3 rings (SSSR count). The normalized spacial score (nSPS) is 16.0. The summed E-state index contributed by atoms with van der Waals surface area (Å²) in [4.78, 5) is 31.9. The summed E-state index contributed by atoms with van der Waals surface area (Å²) in [6.45, 7) is 6.45. The molecule has 1 fully saturated rings. The largest absolute Gasteiger partial charge is 0.347 e. The number of nitro groups is 1. The Labute approximate surface area is 179 Å². The quantitative estimate of drug-likeness (QED) is 0.356. The van der Waals surface area contributed by atoms with Crippen LogP contribution < -0.4 is 10.5 Å². The zero-order valence-electron chi connectivity index (χ0n) is 17.2. The maximum Gasteiger partial charge on any atom is 0.288 e. The summed E-state index contributed by atoms with van der Waals surface area (Å²) >= 11 is 1.07. The van der Waals surface area contributed by atoms with Gasteiger partial charge in [-0.2, -0.15) is 4.98 Å². The summed E-state index contributed by atoms with van der Waals surface area (Å²) in [7, 11) is -3.70. The van der Waals surface area contributed by atoms with Crippen LogP contribution in [0.3, 0.4) is 0 Å². The van der Waals surface area contributed by atoms with E-state index < -0.39 is 20.3 Å². The van der Waals surface area contributed by atoms with Crippen molar-refractivity contribution >= 4 is 42.1 Å². The second-order valence-corrected chi connectivity index (χ2v) is 10.5. The molecule has 0 radical (unpaired) electrons. The van der Waals surface area contributed by atoms with Gasteiger partial charge in [0.05, 0.1) is 15.2 Å². The summed E-state index contributed by atoms with van der Waals surface area (Å²) in [6.07, 6.45) is 5.41. The van der Waals surface area contributed by atoms with Gasteiger partial charge >= 0.3 is 0 Å². The first-order valence-electron chi connectivity index (χ1n) is 10.0. The number of unbranched alkanes of at least 4 members (excludes halogenated alkanes) is 2. The molecule has 0 aliphatic carbocycles. The zero-order valence-corrected chi connectivity index (χ0v) is 18.8. The molecule has 2 aromatic rings. The minimum Gasteiger partial charge on any atom is -0.347 e. The van der Waals surface area contributed by atoms with Crippen LogP contribution in [0.15, 0.2) is 21.8 Å². The number of non-ortho nitro benzene ring substituents is 1. The molecule has 1 aliphatic rings. The van der Waals surface area contributed by atoms with E-state index >= 15 is 0 Å². The van der Waals surface area contributed by atoms with E-state index in [1.807, 2.05) is 4.90 Å². The van der Waals surface area contributed by atoms with Gasteiger partial charge < -0.3 is 9.80 Å². The van der Waals surface area contributed by atoms with E-state index in [1.54, 1.807) is 0 Å². The van der Waals surface area contributed by atoms with E-state index in [9.17, 15) is 23.3 Å². The third-order valence-corrected chi connectivity index (χ3v) is 7.48. The SMILES string of the molecule is CCCCCN1CCCN(c2nc(=O)c3cc(S(C)(=O)=O)cc([N+](=O)[O-])c3s2)CC1. The van der Waals surface area contributed by atoms with Crippen LogP contribution in [0.4, 0.5) is 10.8 Å². The number of benzene rings is 1. The first kappa shape index (κ1) is 22.6. The fraction of sp³-hybridized carbons (Fsp3) is 0.579. The smallest absolute Gasteiger partial charge is 0.288 e. The Kier molecular flexibility index (Phi) is 7.04. The Bertz CT molecular complexity index is 1100. The van der Waals surface area contributed by atoms with Crippen molar-refractivity contribution in [3.8, 4) is 0 Å². The number of nitro benzene ring substituents is 1. The third kappa shape index (κ3) is 5.13. The minimum atomic E-state index is -3.70. The van der Waals surface area contributed by atoms with Crippen LogP contribution >= 0.6 is 11.3 Å². The second kappa shape index (κ2) is 9.36. The molecule has 1 aromatic carbocycles. The molecular formula is C19H26N4O5S2.